The summed E-state index contributed by atoms with van der Waals surface area (Å²) in [6.45, 7) is 3.01. The number of halogens is 1. The maximum atomic E-state index is 12.1. The van der Waals surface area contributed by atoms with Crippen LogP contribution in [0.1, 0.15) is 16.2 Å². The minimum Gasteiger partial charge on any atom is -0.497 e. The van der Waals surface area contributed by atoms with E-state index in [4.69, 9.17) is 4.74 Å². The number of nitrogens with zero attached hydrogens (tertiary/aromatic N) is 3. The second kappa shape index (κ2) is 6.51. The first kappa shape index (κ1) is 14.5. The summed E-state index contributed by atoms with van der Waals surface area (Å²) in [5, 5.41) is 10.5. The fraction of sp³-hybridized carbons (Fsp3) is 0.308. The predicted molar refractivity (Wildman–Crippen MR) is 77.8 cm³/mol. The summed E-state index contributed by atoms with van der Waals surface area (Å²) in [5.74, 6) is 1.32. The molecule has 6 nitrogen and oxygen atoms in total. The average molecular weight is 339 g/mol. The zero-order chi connectivity index (χ0) is 14.5. The van der Waals surface area contributed by atoms with E-state index in [1.54, 1.807) is 31.6 Å². The van der Waals surface area contributed by atoms with Gasteiger partial charge in [-0.1, -0.05) is 15.9 Å². The molecule has 0 fully saturated rings. The molecule has 0 aliphatic rings. The molecule has 1 aromatic carbocycles. The smallest absolute Gasteiger partial charge is 0.251 e. The van der Waals surface area contributed by atoms with Gasteiger partial charge in [-0.15, -0.1) is 10.2 Å². The van der Waals surface area contributed by atoms with Crippen LogP contribution in [0, 0.1) is 6.92 Å². The zero-order valence-electron chi connectivity index (χ0n) is 11.3. The summed E-state index contributed by atoms with van der Waals surface area (Å²) < 4.78 is 7.81. The number of amides is 1. The van der Waals surface area contributed by atoms with E-state index in [9.17, 15) is 4.79 Å². The van der Waals surface area contributed by atoms with Crippen LogP contribution in [-0.2, 0) is 6.54 Å². The van der Waals surface area contributed by atoms with E-state index in [1.807, 2.05) is 11.5 Å². The molecule has 7 heteroatoms. The van der Waals surface area contributed by atoms with Crippen LogP contribution in [0.2, 0.25) is 0 Å². The molecule has 0 aliphatic heterocycles. The Morgan fingerprint density at radius 2 is 2.25 bits per heavy atom. The van der Waals surface area contributed by atoms with Crippen molar-refractivity contribution in [3.05, 3.63) is 40.4 Å². The molecular weight excluding hydrogens is 324 g/mol. The van der Waals surface area contributed by atoms with Gasteiger partial charge in [0.25, 0.3) is 5.91 Å². The lowest BCUT2D eigenvalue weighted by molar-refractivity contribution is 0.0952. The molecule has 0 radical (unpaired) electrons. The van der Waals surface area contributed by atoms with Gasteiger partial charge in [0.1, 0.15) is 17.9 Å². The number of benzene rings is 1. The van der Waals surface area contributed by atoms with Gasteiger partial charge in [0, 0.05) is 23.1 Å². The highest BCUT2D eigenvalue weighted by Gasteiger charge is 2.08. The summed E-state index contributed by atoms with van der Waals surface area (Å²) in [6, 6.07) is 5.25. The first-order chi connectivity index (χ1) is 9.60. The Kier molecular flexibility index (Phi) is 4.73. The van der Waals surface area contributed by atoms with Crippen LogP contribution < -0.4 is 10.1 Å². The number of ether oxygens (including phenoxy) is 1. The molecule has 0 atom stereocenters. The number of hydrogen-bond acceptors (Lipinski definition) is 4. The molecule has 0 saturated carbocycles. The van der Waals surface area contributed by atoms with E-state index < -0.39 is 0 Å². The van der Waals surface area contributed by atoms with E-state index in [2.05, 4.69) is 31.4 Å². The average Bonchev–Trinajstić information content (AvgIpc) is 2.83. The molecule has 0 spiro atoms. The number of rotatable bonds is 5. The van der Waals surface area contributed by atoms with Gasteiger partial charge in [0.15, 0.2) is 0 Å². The van der Waals surface area contributed by atoms with E-state index in [1.165, 1.54) is 0 Å². The van der Waals surface area contributed by atoms with Crippen LogP contribution in [0.15, 0.2) is 29.0 Å². The third-order valence-corrected chi connectivity index (χ3v) is 3.27. The molecule has 0 saturated heterocycles. The largest absolute Gasteiger partial charge is 0.497 e. The summed E-state index contributed by atoms with van der Waals surface area (Å²) in [6.07, 6.45) is 1.64. The number of methoxy groups -OCH3 is 1. The van der Waals surface area contributed by atoms with Crippen LogP contribution in [0.3, 0.4) is 0 Å². The topological polar surface area (TPSA) is 69.0 Å². The second-order valence-electron chi connectivity index (χ2n) is 4.21. The number of carbonyl (C=O) groups is 1. The van der Waals surface area contributed by atoms with Crippen LogP contribution in [0.4, 0.5) is 0 Å². The lowest BCUT2D eigenvalue weighted by Crippen LogP contribution is -2.27. The Hall–Kier alpha value is -1.89. The molecule has 106 valence electrons. The number of hydrogen-bond donors (Lipinski definition) is 1. The minimum atomic E-state index is -0.143. The van der Waals surface area contributed by atoms with Crippen molar-refractivity contribution in [2.24, 2.45) is 0 Å². The van der Waals surface area contributed by atoms with Gasteiger partial charge in [-0.05, 0) is 25.1 Å². The molecule has 2 rings (SSSR count). The van der Waals surface area contributed by atoms with E-state index >= 15 is 0 Å². The van der Waals surface area contributed by atoms with Crippen LogP contribution in [0.25, 0.3) is 0 Å². The molecule has 2 aromatic rings. The van der Waals surface area contributed by atoms with Gasteiger partial charge in [0.05, 0.1) is 7.11 Å². The Labute approximate surface area is 125 Å². The summed E-state index contributed by atoms with van der Waals surface area (Å²) in [5.41, 5.74) is 0.553. The lowest BCUT2D eigenvalue weighted by atomic mass is 10.2. The van der Waals surface area contributed by atoms with Crippen LogP contribution >= 0.6 is 15.9 Å². The van der Waals surface area contributed by atoms with Gasteiger partial charge in [-0.25, -0.2) is 0 Å². The van der Waals surface area contributed by atoms with E-state index in [0.29, 0.717) is 24.4 Å². The fourth-order valence-electron chi connectivity index (χ4n) is 1.74. The summed E-state index contributed by atoms with van der Waals surface area (Å²) in [7, 11) is 1.57. The molecule has 1 heterocycles. The van der Waals surface area contributed by atoms with Crippen molar-refractivity contribution in [1.82, 2.24) is 20.1 Å². The molecule has 0 unspecified atom stereocenters. The van der Waals surface area contributed by atoms with Crippen molar-refractivity contribution in [3.63, 3.8) is 0 Å². The normalized spacial score (nSPS) is 10.3. The van der Waals surface area contributed by atoms with Crippen molar-refractivity contribution in [2.45, 2.75) is 13.5 Å². The van der Waals surface area contributed by atoms with Gasteiger partial charge in [0.2, 0.25) is 0 Å². The van der Waals surface area contributed by atoms with Crippen molar-refractivity contribution in [2.75, 3.05) is 13.7 Å². The quantitative estimate of drug-likeness (QED) is 0.902. The number of aryl methyl sites for hydroxylation is 1. The molecule has 0 bridgehead atoms. The Morgan fingerprint density at radius 3 is 2.90 bits per heavy atom. The molecule has 1 amide bonds. The third kappa shape index (κ3) is 3.57. The zero-order valence-corrected chi connectivity index (χ0v) is 12.8. The Bertz CT molecular complexity index is 612. The molecule has 0 aliphatic carbocycles. The first-order valence-electron chi connectivity index (χ1n) is 6.07. The van der Waals surface area contributed by atoms with Gasteiger partial charge in [-0.2, -0.15) is 0 Å². The summed E-state index contributed by atoms with van der Waals surface area (Å²) in [4.78, 5) is 12.1. The monoisotopic (exact) mass is 338 g/mol. The van der Waals surface area contributed by atoms with Crippen LogP contribution in [0.5, 0.6) is 5.75 Å². The fourth-order valence-corrected chi connectivity index (χ4v) is 2.21. The van der Waals surface area contributed by atoms with Crippen LogP contribution in [-0.4, -0.2) is 34.3 Å². The highest BCUT2D eigenvalue weighted by molar-refractivity contribution is 9.10. The van der Waals surface area contributed by atoms with Gasteiger partial charge in [-0.3, -0.25) is 4.79 Å². The maximum absolute atomic E-state index is 12.1. The number of aromatic nitrogens is 3. The van der Waals surface area contributed by atoms with Crippen molar-refractivity contribution < 1.29 is 9.53 Å². The highest BCUT2D eigenvalue weighted by atomic mass is 79.9. The van der Waals surface area contributed by atoms with Crippen molar-refractivity contribution >= 4 is 21.8 Å². The molecule has 20 heavy (non-hydrogen) atoms. The Morgan fingerprint density at radius 1 is 1.45 bits per heavy atom. The van der Waals surface area contributed by atoms with Crippen molar-refractivity contribution in [1.29, 1.82) is 0 Å². The number of carbonyl (C=O) groups excluding carboxylic acids is 1. The SMILES string of the molecule is COc1cc(Br)cc(C(=O)NCCn2cnnc2C)c1. The third-order valence-electron chi connectivity index (χ3n) is 2.82. The van der Waals surface area contributed by atoms with Crippen molar-refractivity contribution in [3.8, 4) is 5.75 Å². The molecule has 1 N–H and O–H groups in total. The second-order valence-corrected chi connectivity index (χ2v) is 5.12. The standard InChI is InChI=1S/C13H15BrN4O2/c1-9-17-16-8-18(9)4-3-15-13(19)10-5-11(14)7-12(6-10)20-2/h5-8H,3-4H2,1-2H3,(H,15,19). The first-order valence-corrected chi connectivity index (χ1v) is 6.86. The maximum Gasteiger partial charge on any atom is 0.251 e. The van der Waals surface area contributed by atoms with E-state index in [0.717, 1.165) is 10.3 Å². The molecular formula is C13H15BrN4O2. The summed E-state index contributed by atoms with van der Waals surface area (Å²) >= 11 is 3.35. The molecule has 1 aromatic heterocycles. The predicted octanol–water partition coefficient (Wildman–Crippen LogP) is 1.79. The van der Waals surface area contributed by atoms with Gasteiger partial charge < -0.3 is 14.6 Å². The highest BCUT2D eigenvalue weighted by Crippen LogP contribution is 2.21. The van der Waals surface area contributed by atoms with E-state index in [-0.39, 0.29) is 5.91 Å². The van der Waals surface area contributed by atoms with Gasteiger partial charge >= 0.3 is 0 Å². The Balaban J connectivity index is 1.95. The minimum absolute atomic E-state index is 0.143. The number of nitrogens with one attached hydrogen (secondary N) is 1. The lowest BCUT2D eigenvalue weighted by Gasteiger charge is -2.08.